The van der Waals surface area contributed by atoms with Gasteiger partial charge >= 0.3 is 5.97 Å². The van der Waals surface area contributed by atoms with E-state index in [1.54, 1.807) is 6.92 Å². The zero-order chi connectivity index (χ0) is 22.2. The van der Waals surface area contributed by atoms with Crippen LogP contribution in [0.25, 0.3) is 0 Å². The normalized spacial score (nSPS) is 11.6. The fourth-order valence-electron chi connectivity index (χ4n) is 3.29. The molecule has 1 rings (SSSR count). The number of rotatable bonds is 17. The molecule has 0 aliphatic rings. The van der Waals surface area contributed by atoms with Crippen molar-refractivity contribution in [3.05, 3.63) is 28.8 Å². The van der Waals surface area contributed by atoms with Crippen LogP contribution in [-0.4, -0.2) is 27.5 Å². The highest BCUT2D eigenvalue weighted by Gasteiger charge is 2.18. The molecular weight excluding hydrogens is 422 g/mol. The quantitative estimate of drug-likeness (QED) is 0.213. The summed E-state index contributed by atoms with van der Waals surface area (Å²) in [5.74, 6) is -0.586. The summed E-state index contributed by atoms with van der Waals surface area (Å²) in [6, 6.07) is 4.05. The van der Waals surface area contributed by atoms with Crippen LogP contribution in [-0.2, 0) is 14.8 Å². The van der Waals surface area contributed by atoms with E-state index in [1.807, 2.05) is 0 Å². The summed E-state index contributed by atoms with van der Waals surface area (Å²) in [6.07, 6.45) is 14.9. The number of benzene rings is 1. The lowest BCUT2D eigenvalue weighted by Crippen LogP contribution is -2.23. The summed E-state index contributed by atoms with van der Waals surface area (Å²) in [4.78, 5) is 12.3. The molecule has 30 heavy (non-hydrogen) atoms. The number of halogens is 1. The fraction of sp³-hybridized carbons (Fsp3) is 0.696. The van der Waals surface area contributed by atoms with Gasteiger partial charge in [0.15, 0.2) is 0 Å². The van der Waals surface area contributed by atoms with Crippen molar-refractivity contribution in [1.29, 1.82) is 0 Å². The van der Waals surface area contributed by atoms with Crippen molar-refractivity contribution >= 4 is 27.6 Å². The van der Waals surface area contributed by atoms with Crippen molar-refractivity contribution < 1.29 is 17.9 Å². The predicted molar refractivity (Wildman–Crippen MR) is 124 cm³/mol. The Hall–Kier alpha value is -1.11. The third-order valence-electron chi connectivity index (χ3n) is 5.03. The molecule has 7 heteroatoms. The molecule has 0 fully saturated rings. The maximum atomic E-state index is 12.3. The monoisotopic (exact) mass is 459 g/mol. The van der Waals surface area contributed by atoms with Gasteiger partial charge in [0.25, 0.3) is 0 Å². The average molecular weight is 460 g/mol. The summed E-state index contributed by atoms with van der Waals surface area (Å²) >= 11 is 6.06. The van der Waals surface area contributed by atoms with E-state index in [-0.39, 0.29) is 22.0 Å². The van der Waals surface area contributed by atoms with Crippen molar-refractivity contribution in [3.63, 3.8) is 0 Å². The van der Waals surface area contributed by atoms with Crippen molar-refractivity contribution in [2.75, 3.05) is 13.2 Å². The molecular formula is C23H38ClNO4S. The molecule has 0 heterocycles. The largest absolute Gasteiger partial charge is 0.462 e. The molecule has 1 aromatic carbocycles. The van der Waals surface area contributed by atoms with E-state index in [4.69, 9.17) is 16.3 Å². The minimum atomic E-state index is -3.65. The highest BCUT2D eigenvalue weighted by atomic mass is 35.5. The maximum absolute atomic E-state index is 12.3. The smallest absolute Gasteiger partial charge is 0.339 e. The third kappa shape index (κ3) is 10.8. The second-order valence-corrected chi connectivity index (χ2v) is 9.84. The molecule has 172 valence electrons. The van der Waals surface area contributed by atoms with Crippen molar-refractivity contribution in [2.45, 2.75) is 95.8 Å². The van der Waals surface area contributed by atoms with Crippen LogP contribution in [0.5, 0.6) is 0 Å². The Labute approximate surface area is 188 Å². The number of nitrogens with one attached hydrogen (secondary N) is 1. The topological polar surface area (TPSA) is 72.5 Å². The number of carbonyl (C=O) groups is 1. The first kappa shape index (κ1) is 26.9. The van der Waals surface area contributed by atoms with E-state index in [9.17, 15) is 13.2 Å². The summed E-state index contributed by atoms with van der Waals surface area (Å²) in [7, 11) is -3.65. The van der Waals surface area contributed by atoms with Crippen molar-refractivity contribution in [1.82, 2.24) is 4.72 Å². The Morgan fingerprint density at radius 3 is 1.97 bits per heavy atom. The molecule has 0 spiro atoms. The second kappa shape index (κ2) is 15.7. The van der Waals surface area contributed by atoms with E-state index in [0.717, 1.165) is 19.3 Å². The summed E-state index contributed by atoms with van der Waals surface area (Å²) in [5, 5.41) is 0.185. The number of ether oxygens (including phenoxy) is 1. The SMILES string of the molecule is CCCCCCCCCCCCCCOC(=O)c1cc(S(=O)(=O)NCC)ccc1Cl. The third-order valence-corrected chi connectivity index (χ3v) is 6.91. The molecule has 0 aliphatic heterocycles. The molecule has 0 saturated heterocycles. The molecule has 0 atom stereocenters. The minimum absolute atomic E-state index is 0.00561. The fourth-order valence-corrected chi connectivity index (χ4v) is 4.55. The summed E-state index contributed by atoms with van der Waals surface area (Å²) < 4.78 is 31.9. The van der Waals surface area contributed by atoms with Gasteiger partial charge in [-0.2, -0.15) is 0 Å². The molecule has 1 aromatic rings. The molecule has 0 aliphatic carbocycles. The summed E-state index contributed by atoms with van der Waals surface area (Å²) in [6.45, 7) is 4.52. The number of hydrogen-bond acceptors (Lipinski definition) is 4. The first-order chi connectivity index (χ1) is 14.4. The number of esters is 1. The molecule has 1 N–H and O–H groups in total. The molecule has 0 aromatic heterocycles. The van der Waals surface area contributed by atoms with Crippen molar-refractivity contribution in [3.8, 4) is 0 Å². The van der Waals surface area contributed by atoms with Crippen molar-refractivity contribution in [2.24, 2.45) is 0 Å². The molecule has 0 saturated carbocycles. The van der Waals surface area contributed by atoms with Gasteiger partial charge in [-0.05, 0) is 24.6 Å². The van der Waals surface area contributed by atoms with Gasteiger partial charge in [-0.15, -0.1) is 0 Å². The van der Waals surface area contributed by atoms with Gasteiger partial charge in [-0.25, -0.2) is 17.9 Å². The highest BCUT2D eigenvalue weighted by Crippen LogP contribution is 2.21. The van der Waals surface area contributed by atoms with Crippen LogP contribution in [0, 0.1) is 0 Å². The van der Waals surface area contributed by atoms with Crippen LogP contribution in [0.15, 0.2) is 23.1 Å². The maximum Gasteiger partial charge on any atom is 0.339 e. The van der Waals surface area contributed by atoms with E-state index < -0.39 is 16.0 Å². The molecule has 0 radical (unpaired) electrons. The lowest BCUT2D eigenvalue weighted by Gasteiger charge is -2.09. The average Bonchev–Trinajstić information content (AvgIpc) is 2.71. The second-order valence-electron chi connectivity index (χ2n) is 7.67. The molecule has 0 amide bonds. The molecule has 0 bridgehead atoms. The number of unbranched alkanes of at least 4 members (excludes halogenated alkanes) is 11. The Morgan fingerprint density at radius 2 is 1.43 bits per heavy atom. The van der Waals surface area contributed by atoms with Gasteiger partial charge in [0.2, 0.25) is 10.0 Å². The van der Waals surface area contributed by atoms with Crippen LogP contribution in [0.3, 0.4) is 0 Å². The standard InChI is InChI=1S/C23H38ClNO4S/c1-3-5-6-7-8-9-10-11-12-13-14-15-18-29-23(26)21-19-20(16-17-22(21)24)30(27,28)25-4-2/h16-17,19,25H,3-15,18H2,1-2H3. The van der Waals surface area contributed by atoms with Crippen LogP contribution in [0.4, 0.5) is 0 Å². The van der Waals surface area contributed by atoms with E-state index in [2.05, 4.69) is 11.6 Å². The number of sulfonamides is 1. The van der Waals surface area contributed by atoms with E-state index in [0.29, 0.717) is 6.61 Å². The lowest BCUT2D eigenvalue weighted by molar-refractivity contribution is 0.0497. The van der Waals surface area contributed by atoms with Gasteiger partial charge < -0.3 is 4.74 Å². The Kier molecular flexibility index (Phi) is 14.1. The van der Waals surface area contributed by atoms with Gasteiger partial charge in [0, 0.05) is 6.54 Å². The Morgan fingerprint density at radius 1 is 0.900 bits per heavy atom. The van der Waals surface area contributed by atoms with Gasteiger partial charge in [-0.1, -0.05) is 96.1 Å². The van der Waals surface area contributed by atoms with E-state index in [1.165, 1.54) is 76.0 Å². The highest BCUT2D eigenvalue weighted by molar-refractivity contribution is 7.89. The first-order valence-electron chi connectivity index (χ1n) is 11.4. The minimum Gasteiger partial charge on any atom is -0.462 e. The van der Waals surface area contributed by atoms with Crippen LogP contribution >= 0.6 is 11.6 Å². The van der Waals surface area contributed by atoms with Crippen LogP contribution < -0.4 is 4.72 Å². The van der Waals surface area contributed by atoms with Gasteiger partial charge in [0.05, 0.1) is 22.1 Å². The lowest BCUT2D eigenvalue weighted by atomic mass is 10.1. The zero-order valence-corrected chi connectivity index (χ0v) is 20.1. The first-order valence-corrected chi connectivity index (χ1v) is 13.2. The Balaban J connectivity index is 2.22. The number of hydrogen-bond donors (Lipinski definition) is 1. The zero-order valence-electron chi connectivity index (χ0n) is 18.6. The van der Waals surface area contributed by atoms with E-state index >= 15 is 0 Å². The molecule has 0 unspecified atom stereocenters. The van der Waals surface area contributed by atoms with Gasteiger partial charge in [-0.3, -0.25) is 0 Å². The Bertz CT molecular complexity index is 722. The van der Waals surface area contributed by atoms with Crippen LogP contribution in [0.1, 0.15) is 101 Å². The predicted octanol–water partition coefficient (Wildman–Crippen LogP) is 6.50. The number of carbonyl (C=O) groups excluding carboxylic acids is 1. The van der Waals surface area contributed by atoms with Gasteiger partial charge in [0.1, 0.15) is 0 Å². The molecule has 5 nitrogen and oxygen atoms in total. The van der Waals surface area contributed by atoms with Crippen LogP contribution in [0.2, 0.25) is 5.02 Å². The summed E-state index contributed by atoms with van der Waals surface area (Å²) in [5.41, 5.74) is 0.0783.